The summed E-state index contributed by atoms with van der Waals surface area (Å²) in [5.74, 6) is 0.457. The summed E-state index contributed by atoms with van der Waals surface area (Å²) in [6.45, 7) is 0. The van der Waals surface area contributed by atoms with E-state index in [2.05, 4.69) is 33.1 Å². The van der Waals surface area contributed by atoms with Crippen molar-refractivity contribution in [1.82, 2.24) is 5.43 Å². The Morgan fingerprint density at radius 1 is 1.20 bits per heavy atom. The van der Waals surface area contributed by atoms with Crippen LogP contribution in [-0.4, -0.2) is 19.2 Å². The molecule has 0 aliphatic carbocycles. The van der Waals surface area contributed by atoms with Crippen molar-refractivity contribution in [3.05, 3.63) is 63.2 Å². The molecule has 2 aromatic carbocycles. The summed E-state index contributed by atoms with van der Waals surface area (Å²) in [4.78, 5) is 11.9. The van der Waals surface area contributed by atoms with Crippen molar-refractivity contribution in [2.24, 2.45) is 5.10 Å². The number of hydrazone groups is 1. The minimum Gasteiger partial charge on any atom is -0.497 e. The third-order valence-electron chi connectivity index (χ3n) is 2.63. The number of hydrogen-bond acceptors (Lipinski definition) is 3. The van der Waals surface area contributed by atoms with Crippen LogP contribution in [0.15, 0.2) is 53.6 Å². The maximum absolute atomic E-state index is 11.9. The molecule has 0 saturated carbocycles. The van der Waals surface area contributed by atoms with E-state index in [1.807, 2.05) is 24.3 Å². The summed E-state index contributed by atoms with van der Waals surface area (Å²) < 4.78 is 6.12. The molecule has 102 valence electrons. The summed E-state index contributed by atoms with van der Waals surface area (Å²) in [6.07, 6.45) is 1.63. The molecule has 0 unspecified atom stereocenters. The molecular weight excluding hydrogens is 367 g/mol. The number of benzene rings is 2. The van der Waals surface area contributed by atoms with Gasteiger partial charge in [-0.25, -0.2) is 5.43 Å². The number of nitrogens with one attached hydrogen (secondary N) is 1. The van der Waals surface area contributed by atoms with Gasteiger partial charge in [0.2, 0.25) is 0 Å². The van der Waals surface area contributed by atoms with Gasteiger partial charge in [-0.15, -0.1) is 0 Å². The van der Waals surface area contributed by atoms with Crippen LogP contribution < -0.4 is 10.2 Å². The molecule has 0 fully saturated rings. The molecule has 0 bridgehead atoms. The molecule has 0 aliphatic heterocycles. The number of halogens is 1. The normalized spacial score (nSPS) is 10.5. The van der Waals surface area contributed by atoms with Crippen LogP contribution in [0.25, 0.3) is 0 Å². The van der Waals surface area contributed by atoms with Crippen LogP contribution in [0.5, 0.6) is 5.75 Å². The Bertz CT molecular complexity index is 624. The van der Waals surface area contributed by atoms with Gasteiger partial charge in [-0.1, -0.05) is 18.2 Å². The van der Waals surface area contributed by atoms with Crippen LogP contribution >= 0.6 is 22.6 Å². The number of carbonyl (C=O) groups excluding carboxylic acids is 1. The summed E-state index contributed by atoms with van der Waals surface area (Å²) >= 11 is 2.22. The topological polar surface area (TPSA) is 50.7 Å². The van der Waals surface area contributed by atoms with Crippen LogP contribution in [-0.2, 0) is 0 Å². The van der Waals surface area contributed by atoms with Crippen molar-refractivity contribution >= 4 is 34.7 Å². The lowest BCUT2D eigenvalue weighted by atomic mass is 10.2. The van der Waals surface area contributed by atoms with Crippen LogP contribution in [0.3, 0.4) is 0 Å². The number of methoxy groups -OCH3 is 1. The number of hydrogen-bond donors (Lipinski definition) is 1. The van der Waals surface area contributed by atoms with E-state index < -0.39 is 0 Å². The molecule has 20 heavy (non-hydrogen) atoms. The number of amides is 1. The largest absolute Gasteiger partial charge is 0.497 e. The van der Waals surface area contributed by atoms with Gasteiger partial charge in [0.15, 0.2) is 0 Å². The Balaban J connectivity index is 1.99. The van der Waals surface area contributed by atoms with Crippen molar-refractivity contribution in [2.45, 2.75) is 0 Å². The Kier molecular flexibility index (Phi) is 5.11. The Morgan fingerprint density at radius 2 is 1.90 bits per heavy atom. The highest BCUT2D eigenvalue weighted by Gasteiger charge is 2.03. The van der Waals surface area contributed by atoms with Crippen molar-refractivity contribution in [3.8, 4) is 5.75 Å². The van der Waals surface area contributed by atoms with Crippen molar-refractivity contribution in [1.29, 1.82) is 0 Å². The molecule has 0 radical (unpaired) electrons. The molecule has 0 atom stereocenters. The summed E-state index contributed by atoms with van der Waals surface area (Å²) in [7, 11) is 1.58. The van der Waals surface area contributed by atoms with Gasteiger partial charge < -0.3 is 4.74 Å². The third kappa shape index (κ3) is 3.80. The van der Waals surface area contributed by atoms with Gasteiger partial charge >= 0.3 is 0 Å². The highest BCUT2D eigenvalue weighted by atomic mass is 127. The second-order valence-corrected chi connectivity index (χ2v) is 5.11. The van der Waals surface area contributed by atoms with Gasteiger partial charge in [0.25, 0.3) is 5.91 Å². The molecule has 2 aromatic rings. The molecule has 4 nitrogen and oxygen atoms in total. The van der Waals surface area contributed by atoms with E-state index in [0.29, 0.717) is 11.3 Å². The zero-order chi connectivity index (χ0) is 14.4. The van der Waals surface area contributed by atoms with E-state index in [-0.39, 0.29) is 5.91 Å². The van der Waals surface area contributed by atoms with Crippen molar-refractivity contribution < 1.29 is 9.53 Å². The fraction of sp³-hybridized carbons (Fsp3) is 0.0667. The molecular formula is C15H13IN2O2. The quantitative estimate of drug-likeness (QED) is 0.504. The molecule has 0 spiro atoms. The Labute approximate surface area is 131 Å². The van der Waals surface area contributed by atoms with E-state index in [0.717, 1.165) is 9.13 Å². The van der Waals surface area contributed by atoms with E-state index in [1.54, 1.807) is 37.6 Å². The first-order valence-electron chi connectivity index (χ1n) is 5.92. The van der Waals surface area contributed by atoms with E-state index in [9.17, 15) is 4.79 Å². The smallest absolute Gasteiger partial charge is 0.271 e. The summed E-state index contributed by atoms with van der Waals surface area (Å²) in [5, 5.41) is 3.96. The predicted octanol–water partition coefficient (Wildman–Crippen LogP) is 3.06. The molecule has 1 amide bonds. The van der Waals surface area contributed by atoms with Crippen LogP contribution in [0, 0.1) is 3.57 Å². The van der Waals surface area contributed by atoms with Crippen LogP contribution in [0.1, 0.15) is 15.9 Å². The van der Waals surface area contributed by atoms with E-state index in [4.69, 9.17) is 4.74 Å². The van der Waals surface area contributed by atoms with Gasteiger partial charge in [-0.05, 0) is 52.9 Å². The number of carbonyl (C=O) groups is 1. The van der Waals surface area contributed by atoms with Crippen molar-refractivity contribution in [3.63, 3.8) is 0 Å². The molecule has 5 heteroatoms. The number of ether oxygens (including phenoxy) is 1. The SMILES string of the molecule is COc1ccc(C(=O)N/N=C/c2ccccc2I)cc1. The first-order chi connectivity index (χ1) is 9.70. The second kappa shape index (κ2) is 7.04. The van der Waals surface area contributed by atoms with Gasteiger partial charge in [0.05, 0.1) is 13.3 Å². The fourth-order valence-electron chi connectivity index (χ4n) is 1.55. The van der Waals surface area contributed by atoms with Gasteiger partial charge in [-0.2, -0.15) is 5.10 Å². The molecule has 1 N–H and O–H groups in total. The number of nitrogens with zero attached hydrogens (tertiary/aromatic N) is 1. The van der Waals surface area contributed by atoms with Gasteiger partial charge in [-0.3, -0.25) is 4.79 Å². The number of rotatable bonds is 4. The maximum Gasteiger partial charge on any atom is 0.271 e. The fourth-order valence-corrected chi connectivity index (χ4v) is 2.07. The molecule has 0 saturated heterocycles. The molecule has 0 heterocycles. The van der Waals surface area contributed by atoms with E-state index >= 15 is 0 Å². The molecule has 0 aromatic heterocycles. The minimum atomic E-state index is -0.255. The first kappa shape index (κ1) is 14.5. The highest BCUT2D eigenvalue weighted by Crippen LogP contribution is 2.11. The van der Waals surface area contributed by atoms with Gasteiger partial charge in [0.1, 0.15) is 5.75 Å². The minimum absolute atomic E-state index is 0.255. The second-order valence-electron chi connectivity index (χ2n) is 3.95. The molecule has 0 aliphatic rings. The van der Waals surface area contributed by atoms with Crippen molar-refractivity contribution in [2.75, 3.05) is 7.11 Å². The average Bonchev–Trinajstić information content (AvgIpc) is 2.49. The average molecular weight is 380 g/mol. The van der Waals surface area contributed by atoms with Crippen LogP contribution in [0.2, 0.25) is 0 Å². The molecule has 2 rings (SSSR count). The first-order valence-corrected chi connectivity index (χ1v) is 7.00. The highest BCUT2D eigenvalue weighted by molar-refractivity contribution is 14.1. The van der Waals surface area contributed by atoms with E-state index in [1.165, 1.54) is 0 Å². The Hall–Kier alpha value is -1.89. The maximum atomic E-state index is 11.9. The Morgan fingerprint density at radius 3 is 2.55 bits per heavy atom. The lowest BCUT2D eigenvalue weighted by Gasteiger charge is -2.02. The summed E-state index contributed by atoms with van der Waals surface area (Å²) in [6, 6.07) is 14.6. The van der Waals surface area contributed by atoms with Crippen LogP contribution in [0.4, 0.5) is 0 Å². The monoisotopic (exact) mass is 380 g/mol. The standard InChI is InChI=1S/C15H13IN2O2/c1-20-13-8-6-11(7-9-13)15(19)18-17-10-12-4-2-3-5-14(12)16/h2-10H,1H3,(H,18,19)/b17-10+. The third-order valence-corrected chi connectivity index (χ3v) is 3.61. The predicted molar refractivity (Wildman–Crippen MR) is 87.2 cm³/mol. The zero-order valence-electron chi connectivity index (χ0n) is 10.8. The summed E-state index contributed by atoms with van der Waals surface area (Å²) in [5.41, 5.74) is 3.99. The zero-order valence-corrected chi connectivity index (χ0v) is 13.0. The lowest BCUT2D eigenvalue weighted by molar-refractivity contribution is 0.0955. The van der Waals surface area contributed by atoms with Gasteiger partial charge in [0, 0.05) is 14.7 Å². The lowest BCUT2D eigenvalue weighted by Crippen LogP contribution is -2.17.